The summed E-state index contributed by atoms with van der Waals surface area (Å²) in [5.74, 6) is 0. The van der Waals surface area contributed by atoms with E-state index in [4.69, 9.17) is 0 Å². The molecule has 0 saturated heterocycles. The smallest absolute Gasteiger partial charge is 0.0493 e. The average Bonchev–Trinajstić information content (AvgIpc) is 4.13. The SMILES string of the molecule is C(=C\c1ccc2c(c1)C1(Cc3ccccc3C1)c1cc(N3c4ccccc4CCc4ccccc43)ccc1-2)/c1ccc2c(c1)C1(Cc3ccccc3C1)c1cc(N3c4ccccc4CCc4ccccc43)ccc1-2. The molecule has 0 saturated carbocycles. The Hall–Kier alpha value is -8.46. The summed E-state index contributed by atoms with van der Waals surface area (Å²) in [6, 6.07) is 83.9. The standard InChI is InChI=1S/C72H54N2/c1-2-18-54-44-71(43-53(54)17-1)63-39-47(27-35-59(63)61-37-33-57(41-65(61)71)73-67-21-9-5-13-49(67)29-30-50-14-6-10-22-68(50)73)25-26-48-28-36-60-62-38-34-58(42-66(62)72(64(60)40-48)45-55-19-3-4-20-56(55)46-72)74-69-23-11-7-15-51(69)31-32-52-16-8-12-24-70(52)74/h1-28,33-42H,29-32,43-46H2/b26-25+. The molecular weight excluding hydrogens is 893 g/mol. The Morgan fingerprint density at radius 3 is 0.865 bits per heavy atom. The average molecular weight is 947 g/mol. The van der Waals surface area contributed by atoms with Gasteiger partial charge in [-0.1, -0.05) is 182 Å². The van der Waals surface area contributed by atoms with E-state index >= 15 is 0 Å². The third-order valence-corrected chi connectivity index (χ3v) is 18.2. The van der Waals surface area contributed by atoms with Crippen LogP contribution in [0.4, 0.5) is 34.1 Å². The van der Waals surface area contributed by atoms with Crippen LogP contribution in [0.3, 0.4) is 0 Å². The lowest BCUT2D eigenvalue weighted by Crippen LogP contribution is -2.26. The Morgan fingerprint density at radius 2 is 0.541 bits per heavy atom. The summed E-state index contributed by atoms with van der Waals surface area (Å²) < 4.78 is 0. The van der Waals surface area contributed by atoms with Gasteiger partial charge in [0.25, 0.3) is 0 Å². The minimum atomic E-state index is -0.154. The maximum Gasteiger partial charge on any atom is 0.0493 e. The van der Waals surface area contributed by atoms with E-state index in [9.17, 15) is 0 Å². The molecule has 2 nitrogen and oxygen atoms in total. The van der Waals surface area contributed by atoms with Crippen LogP contribution in [0.2, 0.25) is 0 Å². The highest BCUT2D eigenvalue weighted by Gasteiger charge is 2.49. The van der Waals surface area contributed by atoms with Crippen LogP contribution in [-0.4, -0.2) is 0 Å². The molecule has 0 atom stereocenters. The van der Waals surface area contributed by atoms with Crippen molar-refractivity contribution in [2.24, 2.45) is 0 Å². The first kappa shape index (κ1) is 42.1. The lowest BCUT2D eigenvalue weighted by atomic mass is 9.75. The zero-order valence-corrected chi connectivity index (χ0v) is 41.5. The molecule has 10 aromatic carbocycles. The van der Waals surface area contributed by atoms with Crippen molar-refractivity contribution in [2.75, 3.05) is 9.80 Å². The van der Waals surface area contributed by atoms with Gasteiger partial charge in [0.05, 0.1) is 0 Å². The molecule has 352 valence electrons. The second kappa shape index (κ2) is 16.0. The van der Waals surface area contributed by atoms with Gasteiger partial charge in [-0.3, -0.25) is 0 Å². The second-order valence-corrected chi connectivity index (χ2v) is 22.0. The van der Waals surface area contributed by atoms with Gasteiger partial charge in [-0.2, -0.15) is 0 Å². The van der Waals surface area contributed by atoms with E-state index in [0.717, 1.165) is 51.4 Å². The Bertz CT molecular complexity index is 3610. The molecule has 2 heteroatoms. The van der Waals surface area contributed by atoms with Gasteiger partial charge in [0.1, 0.15) is 0 Å². The Kier molecular flexibility index (Phi) is 9.11. The molecule has 2 heterocycles. The van der Waals surface area contributed by atoms with Gasteiger partial charge in [-0.05, 0) is 200 Å². The second-order valence-electron chi connectivity index (χ2n) is 22.0. The summed E-state index contributed by atoms with van der Waals surface area (Å²) in [5.41, 5.74) is 32.6. The molecule has 0 radical (unpaired) electrons. The highest BCUT2D eigenvalue weighted by molar-refractivity contribution is 5.91. The highest BCUT2D eigenvalue weighted by atomic mass is 15.2. The van der Waals surface area contributed by atoms with Crippen LogP contribution in [0.1, 0.15) is 77.9 Å². The fourth-order valence-corrected chi connectivity index (χ4v) is 14.8. The van der Waals surface area contributed by atoms with Crippen LogP contribution < -0.4 is 9.80 Å². The van der Waals surface area contributed by atoms with Crippen molar-refractivity contribution in [1.82, 2.24) is 0 Å². The lowest BCUT2D eigenvalue weighted by molar-refractivity contribution is 0.563. The van der Waals surface area contributed by atoms with E-state index in [1.165, 1.54) is 134 Å². The van der Waals surface area contributed by atoms with Crippen LogP contribution in [0.15, 0.2) is 218 Å². The van der Waals surface area contributed by atoms with Gasteiger partial charge in [0.2, 0.25) is 0 Å². The Morgan fingerprint density at radius 1 is 0.270 bits per heavy atom. The number of para-hydroxylation sites is 4. The van der Waals surface area contributed by atoms with Gasteiger partial charge >= 0.3 is 0 Å². The van der Waals surface area contributed by atoms with E-state index in [2.05, 4.69) is 240 Å². The molecule has 0 aromatic heterocycles. The summed E-state index contributed by atoms with van der Waals surface area (Å²) in [6.07, 6.45) is 12.9. The van der Waals surface area contributed by atoms with Crippen LogP contribution in [0.5, 0.6) is 0 Å². The number of anilines is 6. The molecule has 2 spiro atoms. The molecule has 0 unspecified atom stereocenters. The van der Waals surface area contributed by atoms with E-state index in [1.807, 2.05) is 0 Å². The number of nitrogens with zero attached hydrogens (tertiary/aromatic N) is 2. The number of rotatable bonds is 4. The van der Waals surface area contributed by atoms with Crippen LogP contribution in [0, 0.1) is 0 Å². The molecule has 0 fully saturated rings. The van der Waals surface area contributed by atoms with E-state index < -0.39 is 0 Å². The largest absolute Gasteiger partial charge is 0.310 e. The Balaban J connectivity index is 0.785. The van der Waals surface area contributed by atoms with Crippen LogP contribution in [-0.2, 0) is 62.2 Å². The molecule has 0 bridgehead atoms. The molecule has 0 amide bonds. The first-order chi connectivity index (χ1) is 36.6. The third-order valence-electron chi connectivity index (χ3n) is 18.2. The van der Waals surface area contributed by atoms with Crippen molar-refractivity contribution in [3.63, 3.8) is 0 Å². The minimum Gasteiger partial charge on any atom is -0.310 e. The third kappa shape index (κ3) is 6.18. The lowest BCUT2D eigenvalue weighted by Gasteiger charge is -2.31. The summed E-state index contributed by atoms with van der Waals surface area (Å²) in [4.78, 5) is 5.09. The first-order valence-corrected chi connectivity index (χ1v) is 26.9. The molecule has 10 aromatic rings. The fraction of sp³-hybridized carbons (Fsp3) is 0.139. The zero-order chi connectivity index (χ0) is 48.5. The molecule has 6 aliphatic rings. The fourth-order valence-electron chi connectivity index (χ4n) is 14.8. The topological polar surface area (TPSA) is 6.48 Å². The van der Waals surface area contributed by atoms with Gasteiger partial charge in [0.15, 0.2) is 0 Å². The summed E-state index contributed by atoms with van der Waals surface area (Å²) in [6.45, 7) is 0. The maximum atomic E-state index is 2.56. The molecule has 2 aliphatic heterocycles. The van der Waals surface area contributed by atoms with Gasteiger partial charge in [0, 0.05) is 45.0 Å². The normalized spacial score (nSPS) is 16.3. The first-order valence-electron chi connectivity index (χ1n) is 26.9. The van der Waals surface area contributed by atoms with Crippen LogP contribution in [0.25, 0.3) is 34.4 Å². The summed E-state index contributed by atoms with van der Waals surface area (Å²) >= 11 is 0. The number of hydrogen-bond acceptors (Lipinski definition) is 2. The molecular formula is C72H54N2. The maximum absolute atomic E-state index is 2.56. The summed E-state index contributed by atoms with van der Waals surface area (Å²) in [7, 11) is 0. The Labute approximate surface area is 434 Å². The predicted molar refractivity (Wildman–Crippen MR) is 306 cm³/mol. The van der Waals surface area contributed by atoms with Crippen molar-refractivity contribution in [3.05, 3.63) is 296 Å². The van der Waals surface area contributed by atoms with Gasteiger partial charge in [-0.15, -0.1) is 0 Å². The van der Waals surface area contributed by atoms with Gasteiger partial charge in [-0.25, -0.2) is 0 Å². The number of aryl methyl sites for hydroxylation is 4. The van der Waals surface area contributed by atoms with Crippen LogP contribution >= 0.6 is 0 Å². The summed E-state index contributed by atoms with van der Waals surface area (Å²) in [5, 5.41) is 0. The number of fused-ring (bicyclic) bond motifs is 16. The van der Waals surface area contributed by atoms with Crippen molar-refractivity contribution in [2.45, 2.75) is 62.2 Å². The molecule has 16 rings (SSSR count). The van der Waals surface area contributed by atoms with Crippen molar-refractivity contribution < 1.29 is 0 Å². The zero-order valence-electron chi connectivity index (χ0n) is 41.5. The molecule has 4 aliphatic carbocycles. The van der Waals surface area contributed by atoms with E-state index in [1.54, 1.807) is 0 Å². The van der Waals surface area contributed by atoms with Crippen molar-refractivity contribution in [3.8, 4) is 22.3 Å². The number of benzene rings is 10. The molecule has 74 heavy (non-hydrogen) atoms. The number of hydrogen-bond donors (Lipinski definition) is 0. The quantitative estimate of drug-likeness (QED) is 0.162. The molecule has 0 N–H and O–H groups in total. The van der Waals surface area contributed by atoms with E-state index in [0.29, 0.717) is 0 Å². The van der Waals surface area contributed by atoms with Crippen molar-refractivity contribution >= 4 is 46.3 Å². The van der Waals surface area contributed by atoms with Crippen molar-refractivity contribution in [1.29, 1.82) is 0 Å². The minimum absolute atomic E-state index is 0.154. The predicted octanol–water partition coefficient (Wildman–Crippen LogP) is 17.1. The van der Waals surface area contributed by atoms with E-state index in [-0.39, 0.29) is 10.8 Å². The van der Waals surface area contributed by atoms with Gasteiger partial charge < -0.3 is 9.80 Å². The monoisotopic (exact) mass is 946 g/mol. The highest BCUT2D eigenvalue weighted by Crippen LogP contribution is 2.59.